The predicted molar refractivity (Wildman–Crippen MR) is 111 cm³/mol. The largest absolute Gasteiger partial charge is 0.122 e. The summed E-state index contributed by atoms with van der Waals surface area (Å²) in [6.45, 7) is 12.4. The lowest BCUT2D eigenvalue weighted by atomic mass is 9.94. The molecular weight excluding hydrogens is 447 g/mol. The van der Waals surface area contributed by atoms with Crippen LogP contribution in [0.4, 0.5) is 0 Å². The summed E-state index contributed by atoms with van der Waals surface area (Å²) < 4.78 is -0.343. The molecule has 0 saturated heterocycles. The Morgan fingerprint density at radius 2 is 1.59 bits per heavy atom. The fraction of sp³-hybridized carbons (Fsp3) is 0.556. The third-order valence-electron chi connectivity index (χ3n) is 3.56. The molecule has 0 aliphatic rings. The number of allylic oxidation sites excluding steroid dienone is 8. The molecule has 0 aromatic heterocycles. The second kappa shape index (κ2) is 10.4. The molecule has 3 atom stereocenters. The maximum absolute atomic E-state index is 6.10. The second-order valence-corrected chi connectivity index (χ2v) is 9.38. The van der Waals surface area contributed by atoms with E-state index in [1.165, 1.54) is 11.1 Å². The zero-order valence-electron chi connectivity index (χ0n) is 14.2. The number of rotatable bonds is 7. The van der Waals surface area contributed by atoms with Crippen LogP contribution < -0.4 is 0 Å². The normalized spacial score (nSPS) is 20.6. The first-order valence-corrected chi connectivity index (χ1v) is 9.97. The van der Waals surface area contributed by atoms with Crippen molar-refractivity contribution in [2.24, 2.45) is 0 Å². The first-order valence-electron chi connectivity index (χ1n) is 7.29. The van der Waals surface area contributed by atoms with Gasteiger partial charge in [-0.1, -0.05) is 72.9 Å². The number of hydrogen-bond donors (Lipinski definition) is 0. The first kappa shape index (κ1) is 22.5. The Morgan fingerprint density at radius 1 is 1.05 bits per heavy atom. The molecule has 4 heteroatoms. The molecule has 0 fully saturated rings. The van der Waals surface area contributed by atoms with E-state index in [2.05, 4.69) is 76.9 Å². The Morgan fingerprint density at radius 3 is 2.00 bits per heavy atom. The molecule has 0 heterocycles. The number of hydrogen-bond acceptors (Lipinski definition) is 0. The molecule has 0 rings (SSSR count). The molecule has 0 saturated carbocycles. The van der Waals surface area contributed by atoms with Gasteiger partial charge >= 0.3 is 0 Å². The van der Waals surface area contributed by atoms with E-state index in [0.29, 0.717) is 10.7 Å². The lowest BCUT2D eigenvalue weighted by molar-refractivity contribution is 0.990. The van der Waals surface area contributed by atoms with Gasteiger partial charge in [0.2, 0.25) is 0 Å². The van der Waals surface area contributed by atoms with Crippen LogP contribution in [0.2, 0.25) is 0 Å². The van der Waals surface area contributed by atoms with Crippen LogP contribution in [-0.2, 0) is 0 Å². The first-order chi connectivity index (χ1) is 10.0. The van der Waals surface area contributed by atoms with Crippen molar-refractivity contribution in [3.8, 4) is 0 Å². The standard InChI is InChI=1S/C18H26Br2Cl2/c1-12(11-21)9-18(20,10-14(3)16(5)19)15(4)8-7-13(2)17(6)22/h7-10,16-17H,11H2,1-6H3. The molecule has 3 unspecified atom stereocenters. The summed E-state index contributed by atoms with van der Waals surface area (Å²) in [6, 6.07) is 0. The predicted octanol–water partition coefficient (Wildman–Crippen LogP) is 7.55. The lowest BCUT2D eigenvalue weighted by Crippen LogP contribution is -2.19. The van der Waals surface area contributed by atoms with E-state index in [-0.39, 0.29) is 9.70 Å². The average Bonchev–Trinajstić information content (AvgIpc) is 2.43. The highest BCUT2D eigenvalue weighted by Crippen LogP contribution is 2.35. The van der Waals surface area contributed by atoms with E-state index >= 15 is 0 Å². The summed E-state index contributed by atoms with van der Waals surface area (Å²) in [5, 5.41) is 0.0359. The SMILES string of the molecule is CC(=CC(Br)(C=C(C)C(C)Br)C(C)=CC=C(C)C(C)Cl)CCl. The van der Waals surface area contributed by atoms with Crippen LogP contribution in [0.5, 0.6) is 0 Å². The molecule has 0 N–H and O–H groups in total. The van der Waals surface area contributed by atoms with Crippen molar-refractivity contribution in [2.45, 2.75) is 56.1 Å². The number of halogens is 4. The molecule has 0 amide bonds. The van der Waals surface area contributed by atoms with E-state index in [1.54, 1.807) is 0 Å². The second-order valence-electron chi connectivity index (χ2n) is 5.77. The minimum Gasteiger partial charge on any atom is -0.122 e. The zero-order valence-corrected chi connectivity index (χ0v) is 18.9. The van der Waals surface area contributed by atoms with Crippen molar-refractivity contribution in [1.29, 1.82) is 0 Å². The summed E-state index contributed by atoms with van der Waals surface area (Å²) in [6.07, 6.45) is 8.58. The molecule has 0 bridgehead atoms. The molecule has 0 nitrogen and oxygen atoms in total. The molecule has 0 aromatic carbocycles. The Balaban J connectivity index is 5.84. The van der Waals surface area contributed by atoms with Gasteiger partial charge in [0.25, 0.3) is 0 Å². The highest BCUT2D eigenvalue weighted by atomic mass is 79.9. The van der Waals surface area contributed by atoms with Gasteiger partial charge in [-0.2, -0.15) is 0 Å². The molecule has 0 spiro atoms. The summed E-state index contributed by atoms with van der Waals surface area (Å²) in [4.78, 5) is 0.321. The van der Waals surface area contributed by atoms with Crippen LogP contribution in [0.1, 0.15) is 41.5 Å². The molecular formula is C18H26Br2Cl2. The van der Waals surface area contributed by atoms with Gasteiger partial charge in [0.15, 0.2) is 0 Å². The minimum absolute atomic E-state index is 0.0359. The molecule has 0 aliphatic carbocycles. The van der Waals surface area contributed by atoms with E-state index in [1.807, 2.05) is 20.8 Å². The van der Waals surface area contributed by atoms with Gasteiger partial charge in [-0.15, -0.1) is 23.2 Å². The fourth-order valence-electron chi connectivity index (χ4n) is 1.63. The summed E-state index contributed by atoms with van der Waals surface area (Å²) in [5.74, 6) is 0.519. The Labute approximate surface area is 163 Å². The quantitative estimate of drug-likeness (QED) is 0.204. The average molecular weight is 473 g/mol. The maximum atomic E-state index is 6.10. The van der Waals surface area contributed by atoms with Gasteiger partial charge in [0.1, 0.15) is 0 Å². The Kier molecular flexibility index (Phi) is 10.6. The van der Waals surface area contributed by atoms with Gasteiger partial charge in [-0.25, -0.2) is 0 Å². The van der Waals surface area contributed by atoms with Crippen LogP contribution in [-0.4, -0.2) is 20.4 Å². The monoisotopic (exact) mass is 470 g/mol. The van der Waals surface area contributed by atoms with Crippen LogP contribution in [0.15, 0.2) is 46.6 Å². The number of alkyl halides is 4. The van der Waals surface area contributed by atoms with E-state index < -0.39 is 0 Å². The summed E-state index contributed by atoms with van der Waals surface area (Å²) in [7, 11) is 0. The van der Waals surface area contributed by atoms with Crippen molar-refractivity contribution in [3.05, 3.63) is 46.6 Å². The maximum Gasteiger partial charge on any atom is 0.0832 e. The fourth-order valence-corrected chi connectivity index (χ4v) is 2.80. The van der Waals surface area contributed by atoms with E-state index in [9.17, 15) is 0 Å². The van der Waals surface area contributed by atoms with Crippen LogP contribution >= 0.6 is 55.1 Å². The van der Waals surface area contributed by atoms with Gasteiger partial charge in [0, 0.05) is 10.7 Å². The summed E-state index contributed by atoms with van der Waals surface area (Å²) in [5.41, 5.74) is 4.71. The van der Waals surface area contributed by atoms with Gasteiger partial charge in [-0.3, -0.25) is 0 Å². The highest BCUT2D eigenvalue weighted by Gasteiger charge is 2.24. The van der Waals surface area contributed by atoms with E-state index in [0.717, 1.165) is 11.1 Å². The third-order valence-corrected chi connectivity index (χ3v) is 6.13. The Bertz CT molecular complexity index is 485. The molecule has 22 heavy (non-hydrogen) atoms. The molecule has 0 aliphatic heterocycles. The van der Waals surface area contributed by atoms with Crippen molar-refractivity contribution in [2.75, 3.05) is 5.88 Å². The van der Waals surface area contributed by atoms with Crippen molar-refractivity contribution >= 4 is 55.1 Å². The van der Waals surface area contributed by atoms with Crippen LogP contribution in [0, 0.1) is 0 Å². The van der Waals surface area contributed by atoms with Crippen molar-refractivity contribution in [3.63, 3.8) is 0 Å². The zero-order chi connectivity index (χ0) is 17.5. The summed E-state index contributed by atoms with van der Waals surface area (Å²) >= 11 is 19.6. The molecule has 0 radical (unpaired) electrons. The van der Waals surface area contributed by atoms with Gasteiger partial charge < -0.3 is 0 Å². The lowest BCUT2D eigenvalue weighted by Gasteiger charge is -2.24. The minimum atomic E-state index is -0.343. The highest BCUT2D eigenvalue weighted by molar-refractivity contribution is 9.10. The van der Waals surface area contributed by atoms with Gasteiger partial charge in [0.05, 0.1) is 9.70 Å². The van der Waals surface area contributed by atoms with Crippen molar-refractivity contribution < 1.29 is 0 Å². The smallest absolute Gasteiger partial charge is 0.0832 e. The molecule has 0 aromatic rings. The van der Waals surface area contributed by atoms with Crippen molar-refractivity contribution in [1.82, 2.24) is 0 Å². The third kappa shape index (κ3) is 7.86. The van der Waals surface area contributed by atoms with Crippen LogP contribution in [0.25, 0.3) is 0 Å². The Hall–Kier alpha value is 0.500. The van der Waals surface area contributed by atoms with Crippen LogP contribution in [0.3, 0.4) is 0 Å². The topological polar surface area (TPSA) is 0 Å². The molecule has 126 valence electrons. The van der Waals surface area contributed by atoms with Gasteiger partial charge in [-0.05, 0) is 47.1 Å². The van der Waals surface area contributed by atoms with E-state index in [4.69, 9.17) is 23.2 Å².